The molecule has 0 fully saturated rings. The van der Waals surface area contributed by atoms with E-state index in [1.165, 1.54) is 16.9 Å². The Morgan fingerprint density at radius 3 is 2.76 bits per heavy atom. The molecule has 2 aromatic rings. The molecule has 110 valence electrons. The third-order valence-electron chi connectivity index (χ3n) is 2.86. The summed E-state index contributed by atoms with van der Waals surface area (Å²) in [5.74, 6) is -0.143. The third-order valence-corrected chi connectivity index (χ3v) is 2.86. The minimum Gasteiger partial charge on any atom is -0.494 e. The molecule has 21 heavy (non-hydrogen) atoms. The van der Waals surface area contributed by atoms with Crippen LogP contribution in [0.25, 0.3) is 5.69 Å². The lowest BCUT2D eigenvalue weighted by Gasteiger charge is -2.12. The molecule has 0 saturated heterocycles. The summed E-state index contributed by atoms with van der Waals surface area (Å²) in [6.45, 7) is 3.78. The lowest BCUT2D eigenvalue weighted by molar-refractivity contribution is 0.0515. The summed E-state index contributed by atoms with van der Waals surface area (Å²) in [5.41, 5.74) is 0.922. The van der Waals surface area contributed by atoms with Crippen molar-refractivity contribution >= 4 is 5.97 Å². The van der Waals surface area contributed by atoms with Gasteiger partial charge in [0, 0.05) is 12.3 Å². The normalized spacial score (nSPS) is 10.2. The Bertz CT molecular complexity index is 722. The minimum absolute atomic E-state index is 0.183. The van der Waals surface area contributed by atoms with Crippen molar-refractivity contribution in [3.8, 4) is 11.4 Å². The van der Waals surface area contributed by atoms with Crippen LogP contribution in [0.4, 0.5) is 0 Å². The van der Waals surface area contributed by atoms with Gasteiger partial charge in [-0.05, 0) is 31.5 Å². The summed E-state index contributed by atoms with van der Waals surface area (Å²) in [6.07, 6.45) is 1.49. The van der Waals surface area contributed by atoms with E-state index < -0.39 is 11.4 Å². The number of aromatic nitrogens is 2. The molecular formula is C15H16N2O4. The first kappa shape index (κ1) is 14.8. The van der Waals surface area contributed by atoms with Crippen molar-refractivity contribution < 1.29 is 14.3 Å². The van der Waals surface area contributed by atoms with Gasteiger partial charge in [-0.15, -0.1) is 0 Å². The molecule has 0 unspecified atom stereocenters. The second kappa shape index (κ2) is 6.21. The SMILES string of the molecule is CCOC(=O)c1nn(-c2cc(C)ccc2OC)ccc1=O. The van der Waals surface area contributed by atoms with E-state index >= 15 is 0 Å². The first-order valence-electron chi connectivity index (χ1n) is 6.49. The molecule has 6 nitrogen and oxygen atoms in total. The molecule has 0 amide bonds. The van der Waals surface area contributed by atoms with Gasteiger partial charge in [-0.1, -0.05) is 6.07 Å². The average molecular weight is 288 g/mol. The highest BCUT2D eigenvalue weighted by molar-refractivity contribution is 5.86. The van der Waals surface area contributed by atoms with E-state index in [9.17, 15) is 9.59 Å². The number of benzene rings is 1. The molecule has 0 N–H and O–H groups in total. The molecule has 2 rings (SSSR count). The number of esters is 1. The van der Waals surface area contributed by atoms with Gasteiger partial charge in [-0.2, -0.15) is 5.10 Å². The van der Waals surface area contributed by atoms with Crippen LogP contribution in [-0.2, 0) is 4.74 Å². The predicted octanol–water partition coefficient (Wildman–Crippen LogP) is 1.73. The maximum Gasteiger partial charge on any atom is 0.362 e. The van der Waals surface area contributed by atoms with E-state index in [1.807, 2.05) is 19.1 Å². The lowest BCUT2D eigenvalue weighted by Crippen LogP contribution is -2.22. The van der Waals surface area contributed by atoms with E-state index in [4.69, 9.17) is 9.47 Å². The summed E-state index contributed by atoms with van der Waals surface area (Å²) in [4.78, 5) is 23.5. The highest BCUT2D eigenvalue weighted by atomic mass is 16.5. The standard InChI is InChI=1S/C15H16N2O4/c1-4-21-15(19)14-12(18)7-8-17(16-14)11-9-10(2)5-6-13(11)20-3/h5-9H,4H2,1-3H3. The van der Waals surface area contributed by atoms with Crippen LogP contribution >= 0.6 is 0 Å². The van der Waals surface area contributed by atoms with Gasteiger partial charge >= 0.3 is 5.97 Å². The van der Waals surface area contributed by atoms with Crippen molar-refractivity contribution in [3.05, 3.63) is 51.9 Å². The van der Waals surface area contributed by atoms with Crippen LogP contribution in [-0.4, -0.2) is 29.5 Å². The van der Waals surface area contributed by atoms with Gasteiger partial charge < -0.3 is 9.47 Å². The Morgan fingerprint density at radius 1 is 1.33 bits per heavy atom. The van der Waals surface area contributed by atoms with Crippen molar-refractivity contribution in [3.63, 3.8) is 0 Å². The number of nitrogens with zero attached hydrogens (tertiary/aromatic N) is 2. The number of carbonyl (C=O) groups is 1. The minimum atomic E-state index is -0.733. The van der Waals surface area contributed by atoms with E-state index in [1.54, 1.807) is 20.1 Å². The molecule has 1 heterocycles. The van der Waals surface area contributed by atoms with Gasteiger partial charge in [-0.3, -0.25) is 4.79 Å². The van der Waals surface area contributed by atoms with E-state index in [0.29, 0.717) is 11.4 Å². The Morgan fingerprint density at radius 2 is 2.10 bits per heavy atom. The monoisotopic (exact) mass is 288 g/mol. The van der Waals surface area contributed by atoms with Gasteiger partial charge in [0.1, 0.15) is 11.4 Å². The van der Waals surface area contributed by atoms with Crippen LogP contribution in [0.15, 0.2) is 35.3 Å². The number of methoxy groups -OCH3 is 1. The number of hydrogen-bond donors (Lipinski definition) is 0. The van der Waals surface area contributed by atoms with E-state index in [2.05, 4.69) is 5.10 Å². The maximum absolute atomic E-state index is 11.7. The quantitative estimate of drug-likeness (QED) is 0.801. The first-order chi connectivity index (χ1) is 10.1. The molecule has 0 atom stereocenters. The first-order valence-corrected chi connectivity index (χ1v) is 6.49. The molecule has 0 aliphatic carbocycles. The van der Waals surface area contributed by atoms with Gasteiger partial charge in [0.2, 0.25) is 11.1 Å². The Labute approximate surface area is 121 Å². The van der Waals surface area contributed by atoms with Crippen molar-refractivity contribution in [2.45, 2.75) is 13.8 Å². The van der Waals surface area contributed by atoms with Crippen LogP contribution in [0, 0.1) is 6.92 Å². The zero-order valence-corrected chi connectivity index (χ0v) is 12.1. The lowest BCUT2D eigenvalue weighted by atomic mass is 10.2. The fourth-order valence-electron chi connectivity index (χ4n) is 1.86. The summed E-state index contributed by atoms with van der Waals surface area (Å²) in [5, 5.41) is 4.06. The number of rotatable bonds is 4. The van der Waals surface area contributed by atoms with Crippen LogP contribution < -0.4 is 10.2 Å². The van der Waals surface area contributed by atoms with Crippen molar-refractivity contribution in [2.24, 2.45) is 0 Å². The third kappa shape index (κ3) is 3.10. The fourth-order valence-corrected chi connectivity index (χ4v) is 1.86. The maximum atomic E-state index is 11.7. The zero-order chi connectivity index (χ0) is 15.4. The molecule has 1 aromatic heterocycles. The van der Waals surface area contributed by atoms with E-state index in [-0.39, 0.29) is 12.3 Å². The molecule has 0 aliphatic rings. The molecule has 6 heteroatoms. The van der Waals surface area contributed by atoms with Gasteiger partial charge in [0.15, 0.2) is 0 Å². The summed E-state index contributed by atoms with van der Waals surface area (Å²) in [7, 11) is 1.54. The molecule has 1 aromatic carbocycles. The second-order valence-electron chi connectivity index (χ2n) is 4.37. The Hall–Kier alpha value is -2.63. The second-order valence-corrected chi connectivity index (χ2v) is 4.37. The molecule has 0 bridgehead atoms. The number of aryl methyl sites for hydroxylation is 1. The fraction of sp³-hybridized carbons (Fsp3) is 0.267. The highest BCUT2D eigenvalue weighted by Crippen LogP contribution is 2.22. The van der Waals surface area contributed by atoms with Gasteiger partial charge in [0.25, 0.3) is 0 Å². The van der Waals surface area contributed by atoms with Crippen LogP contribution in [0.2, 0.25) is 0 Å². The molecule has 0 radical (unpaired) electrons. The molecule has 0 aliphatic heterocycles. The van der Waals surface area contributed by atoms with Crippen LogP contribution in [0.3, 0.4) is 0 Å². The predicted molar refractivity (Wildman–Crippen MR) is 77.1 cm³/mol. The van der Waals surface area contributed by atoms with Gasteiger partial charge in [0.05, 0.1) is 13.7 Å². The zero-order valence-electron chi connectivity index (χ0n) is 12.1. The summed E-state index contributed by atoms with van der Waals surface area (Å²) >= 11 is 0. The number of carbonyl (C=O) groups excluding carboxylic acids is 1. The Kier molecular flexibility index (Phi) is 4.37. The smallest absolute Gasteiger partial charge is 0.362 e. The van der Waals surface area contributed by atoms with Crippen molar-refractivity contribution in [2.75, 3.05) is 13.7 Å². The van der Waals surface area contributed by atoms with Crippen LogP contribution in [0.1, 0.15) is 23.0 Å². The summed E-state index contributed by atoms with van der Waals surface area (Å²) in [6, 6.07) is 6.83. The van der Waals surface area contributed by atoms with Gasteiger partial charge in [-0.25, -0.2) is 9.48 Å². The Balaban J connectivity index is 2.56. The topological polar surface area (TPSA) is 70.4 Å². The summed E-state index contributed by atoms with van der Waals surface area (Å²) < 4.78 is 11.5. The van der Waals surface area contributed by atoms with Crippen molar-refractivity contribution in [1.82, 2.24) is 9.78 Å². The average Bonchev–Trinajstić information content (AvgIpc) is 2.48. The molecule has 0 saturated carbocycles. The molecule has 0 spiro atoms. The largest absolute Gasteiger partial charge is 0.494 e. The van der Waals surface area contributed by atoms with Crippen LogP contribution in [0.5, 0.6) is 5.75 Å². The molecular weight excluding hydrogens is 272 g/mol. The van der Waals surface area contributed by atoms with Crippen molar-refractivity contribution in [1.29, 1.82) is 0 Å². The van der Waals surface area contributed by atoms with E-state index in [0.717, 1.165) is 5.56 Å². The number of hydrogen-bond acceptors (Lipinski definition) is 5. The number of ether oxygens (including phenoxy) is 2. The highest BCUT2D eigenvalue weighted by Gasteiger charge is 2.15.